The number of halogens is 3. The number of aliphatic hydroxyl groups excluding tert-OH is 1. The van der Waals surface area contributed by atoms with Crippen LogP contribution in [0.5, 0.6) is 5.75 Å². The molecular weight excluding hydrogens is 542 g/mol. The van der Waals surface area contributed by atoms with Crippen LogP contribution in [-0.2, 0) is 15.0 Å². The highest BCUT2D eigenvalue weighted by Crippen LogP contribution is 2.59. The molecule has 1 saturated heterocycles. The average Bonchev–Trinajstić information content (AvgIpc) is 3.17. The van der Waals surface area contributed by atoms with Crippen LogP contribution in [0, 0.1) is 18.2 Å². The van der Waals surface area contributed by atoms with E-state index in [0.717, 1.165) is 5.56 Å². The molecule has 6 nitrogen and oxygen atoms in total. The van der Waals surface area contributed by atoms with Crippen molar-refractivity contribution in [2.45, 2.75) is 44.6 Å². The van der Waals surface area contributed by atoms with E-state index in [1.807, 2.05) is 20.8 Å². The molecule has 0 aromatic heterocycles. The van der Waals surface area contributed by atoms with Crippen molar-refractivity contribution in [2.75, 3.05) is 18.5 Å². The van der Waals surface area contributed by atoms with Crippen molar-refractivity contribution in [1.82, 2.24) is 5.32 Å². The summed E-state index contributed by atoms with van der Waals surface area (Å²) < 4.78 is 20.8. The molecule has 1 spiro atoms. The standard InChI is InChI=1S/C30H29Cl2FN2O4/c1-16-4-7-19(33)12-20(16)27-30(22-8-5-18(32)11-24(22)34-28(30)38)23(13-26(37)35-27)21-10-17(31)6-9-25(21)39-15-29(2,3)14-36/h4-12,23,27,36H,13-15H2,1-3H3,(H,34,38)(H,35,37)/t23-,27?,30-/m1/s1. The van der Waals surface area contributed by atoms with Crippen molar-refractivity contribution < 1.29 is 23.8 Å². The smallest absolute Gasteiger partial charge is 0.238 e. The molecule has 0 bridgehead atoms. The summed E-state index contributed by atoms with van der Waals surface area (Å²) in [7, 11) is 0. The SMILES string of the molecule is Cc1ccc(F)cc1C1NC(=O)C[C@H](c2cc(Cl)ccc2OCC(C)(C)CO)[C@@]12C(=O)Nc1cc(Cl)ccc12. The van der Waals surface area contributed by atoms with Gasteiger partial charge in [-0.05, 0) is 66.1 Å². The molecule has 0 radical (unpaired) electrons. The first-order valence-electron chi connectivity index (χ1n) is 12.7. The number of nitrogens with one attached hydrogen (secondary N) is 2. The number of ether oxygens (including phenoxy) is 1. The maximum atomic E-state index is 14.6. The fourth-order valence-electron chi connectivity index (χ4n) is 5.68. The lowest BCUT2D eigenvalue weighted by Crippen LogP contribution is -2.57. The van der Waals surface area contributed by atoms with Crippen LogP contribution in [-0.4, -0.2) is 30.1 Å². The van der Waals surface area contributed by atoms with Crippen molar-refractivity contribution in [3.63, 3.8) is 0 Å². The number of hydrogen-bond acceptors (Lipinski definition) is 4. The van der Waals surface area contributed by atoms with E-state index in [4.69, 9.17) is 27.9 Å². The number of aliphatic hydroxyl groups is 1. The van der Waals surface area contributed by atoms with Gasteiger partial charge in [0.2, 0.25) is 11.8 Å². The number of piperidine rings is 1. The van der Waals surface area contributed by atoms with Gasteiger partial charge in [0.1, 0.15) is 17.0 Å². The first-order valence-corrected chi connectivity index (χ1v) is 13.4. The number of rotatable bonds is 6. The summed E-state index contributed by atoms with van der Waals surface area (Å²) in [5, 5.41) is 16.6. The van der Waals surface area contributed by atoms with E-state index in [-0.39, 0.29) is 31.4 Å². The lowest BCUT2D eigenvalue weighted by atomic mass is 9.59. The molecule has 1 unspecified atom stereocenters. The summed E-state index contributed by atoms with van der Waals surface area (Å²) in [6.45, 7) is 5.65. The largest absolute Gasteiger partial charge is 0.493 e. The molecule has 3 aromatic carbocycles. The normalized spacial score (nSPS) is 22.4. The third-order valence-electron chi connectivity index (χ3n) is 7.70. The molecule has 2 amide bonds. The zero-order valence-electron chi connectivity index (χ0n) is 21.8. The quantitative estimate of drug-likeness (QED) is 0.335. The predicted molar refractivity (Wildman–Crippen MR) is 149 cm³/mol. The minimum absolute atomic E-state index is 0.0412. The zero-order chi connectivity index (χ0) is 28.1. The van der Waals surface area contributed by atoms with Gasteiger partial charge in [0.15, 0.2) is 0 Å². The molecule has 3 aromatic rings. The molecule has 3 N–H and O–H groups in total. The summed E-state index contributed by atoms with van der Waals surface area (Å²) >= 11 is 12.8. The minimum Gasteiger partial charge on any atom is -0.493 e. The Morgan fingerprint density at radius 1 is 1.05 bits per heavy atom. The van der Waals surface area contributed by atoms with Crippen LogP contribution in [0.3, 0.4) is 0 Å². The Morgan fingerprint density at radius 3 is 2.51 bits per heavy atom. The highest BCUT2D eigenvalue weighted by atomic mass is 35.5. The van der Waals surface area contributed by atoms with Crippen LogP contribution < -0.4 is 15.4 Å². The molecule has 0 aliphatic carbocycles. The van der Waals surface area contributed by atoms with E-state index in [9.17, 15) is 19.1 Å². The van der Waals surface area contributed by atoms with Gasteiger partial charge in [-0.25, -0.2) is 4.39 Å². The van der Waals surface area contributed by atoms with E-state index in [0.29, 0.717) is 38.2 Å². The second-order valence-electron chi connectivity index (χ2n) is 11.1. The lowest BCUT2D eigenvalue weighted by molar-refractivity contribution is -0.131. The molecular formula is C30H29Cl2FN2O4. The Balaban J connectivity index is 1.78. The molecule has 39 heavy (non-hydrogen) atoms. The highest BCUT2D eigenvalue weighted by molar-refractivity contribution is 6.31. The summed E-state index contributed by atoms with van der Waals surface area (Å²) in [6, 6.07) is 13.7. The molecule has 2 aliphatic heterocycles. The fraction of sp³-hybridized carbons (Fsp3) is 0.333. The maximum Gasteiger partial charge on any atom is 0.238 e. The monoisotopic (exact) mass is 570 g/mol. The molecule has 3 atom stereocenters. The third-order valence-corrected chi connectivity index (χ3v) is 8.17. The van der Waals surface area contributed by atoms with E-state index in [1.54, 1.807) is 42.5 Å². The van der Waals surface area contributed by atoms with Crippen LogP contribution >= 0.6 is 23.2 Å². The van der Waals surface area contributed by atoms with Gasteiger partial charge in [-0.1, -0.05) is 49.2 Å². The zero-order valence-corrected chi connectivity index (χ0v) is 23.3. The van der Waals surface area contributed by atoms with Gasteiger partial charge in [-0.3, -0.25) is 9.59 Å². The molecule has 0 saturated carbocycles. The van der Waals surface area contributed by atoms with E-state index < -0.39 is 28.6 Å². The number of amides is 2. The number of fused-ring (bicyclic) bond motifs is 2. The highest BCUT2D eigenvalue weighted by Gasteiger charge is 2.62. The Morgan fingerprint density at radius 2 is 1.77 bits per heavy atom. The third kappa shape index (κ3) is 4.77. The van der Waals surface area contributed by atoms with Gasteiger partial charge in [-0.2, -0.15) is 0 Å². The average molecular weight is 571 g/mol. The Bertz CT molecular complexity index is 1480. The molecule has 2 heterocycles. The van der Waals surface area contributed by atoms with Crippen molar-refractivity contribution in [1.29, 1.82) is 0 Å². The van der Waals surface area contributed by atoms with Crippen LogP contribution in [0.1, 0.15) is 54.5 Å². The van der Waals surface area contributed by atoms with Crippen molar-refractivity contribution in [3.8, 4) is 5.75 Å². The van der Waals surface area contributed by atoms with Crippen LogP contribution in [0.25, 0.3) is 0 Å². The number of carbonyl (C=O) groups is 2. The van der Waals surface area contributed by atoms with Crippen LogP contribution in [0.15, 0.2) is 54.6 Å². The van der Waals surface area contributed by atoms with Crippen molar-refractivity contribution >= 4 is 40.7 Å². The van der Waals surface area contributed by atoms with E-state index in [2.05, 4.69) is 10.6 Å². The predicted octanol–water partition coefficient (Wildman–Crippen LogP) is 6.07. The van der Waals surface area contributed by atoms with Gasteiger partial charge in [0.05, 0.1) is 19.3 Å². The Hall–Kier alpha value is -3.13. The summed E-state index contributed by atoms with van der Waals surface area (Å²) in [6.07, 6.45) is -0.0412. The topological polar surface area (TPSA) is 87.7 Å². The number of benzene rings is 3. The summed E-state index contributed by atoms with van der Waals surface area (Å²) in [5.74, 6) is -1.40. The minimum atomic E-state index is -1.37. The number of anilines is 1. The van der Waals surface area contributed by atoms with Crippen molar-refractivity contribution in [3.05, 3.63) is 92.7 Å². The lowest BCUT2D eigenvalue weighted by Gasteiger charge is -2.47. The van der Waals surface area contributed by atoms with E-state index >= 15 is 0 Å². The number of hydrogen-bond donors (Lipinski definition) is 3. The summed E-state index contributed by atoms with van der Waals surface area (Å²) in [4.78, 5) is 27.6. The van der Waals surface area contributed by atoms with Crippen LogP contribution in [0.2, 0.25) is 10.0 Å². The summed E-state index contributed by atoms with van der Waals surface area (Å²) in [5.41, 5.74) is 1.05. The number of aryl methyl sites for hydroxylation is 1. The van der Waals surface area contributed by atoms with E-state index in [1.165, 1.54) is 12.1 Å². The maximum absolute atomic E-state index is 14.6. The first kappa shape index (κ1) is 27.4. The molecule has 2 aliphatic rings. The van der Waals surface area contributed by atoms with Gasteiger partial charge in [0, 0.05) is 39.0 Å². The van der Waals surface area contributed by atoms with Gasteiger partial charge in [-0.15, -0.1) is 0 Å². The second kappa shape index (κ2) is 10.1. The van der Waals surface area contributed by atoms with Gasteiger partial charge < -0.3 is 20.5 Å². The Labute approximate surface area is 236 Å². The van der Waals surface area contributed by atoms with Crippen molar-refractivity contribution in [2.24, 2.45) is 5.41 Å². The molecule has 5 rings (SSSR count). The molecule has 1 fully saturated rings. The van der Waals surface area contributed by atoms with Gasteiger partial charge in [0.25, 0.3) is 0 Å². The second-order valence-corrected chi connectivity index (χ2v) is 11.9. The molecule has 204 valence electrons. The number of carbonyl (C=O) groups excluding carboxylic acids is 2. The van der Waals surface area contributed by atoms with Gasteiger partial charge >= 0.3 is 0 Å². The Kier molecular flexibility index (Phi) is 7.12. The fourth-order valence-corrected chi connectivity index (χ4v) is 6.04. The first-order chi connectivity index (χ1) is 18.5. The van der Waals surface area contributed by atoms with Crippen LogP contribution in [0.4, 0.5) is 10.1 Å². The molecule has 9 heteroatoms.